The number of nitrogens with one attached hydrogen (secondary N) is 2. The SMILES string of the molecule is CC(=O)N[C@@H](C(=O)N[C@H](C)c1cccc(Cl)c1)C(C)C. The first-order chi connectivity index (χ1) is 9.31. The maximum Gasteiger partial charge on any atom is 0.243 e. The Hall–Kier alpha value is -1.55. The Morgan fingerprint density at radius 3 is 2.30 bits per heavy atom. The van der Waals surface area contributed by atoms with Crippen LogP contribution in [-0.4, -0.2) is 17.9 Å². The summed E-state index contributed by atoms with van der Waals surface area (Å²) in [4.78, 5) is 23.4. The van der Waals surface area contributed by atoms with Crippen molar-refractivity contribution in [2.24, 2.45) is 5.92 Å². The molecule has 0 unspecified atom stereocenters. The number of amides is 2. The maximum atomic E-state index is 12.2. The smallest absolute Gasteiger partial charge is 0.243 e. The third-order valence-electron chi connectivity index (χ3n) is 3.02. The van der Waals surface area contributed by atoms with Crippen molar-refractivity contribution in [1.82, 2.24) is 10.6 Å². The second-order valence-electron chi connectivity index (χ2n) is 5.21. The average Bonchev–Trinajstić information content (AvgIpc) is 2.35. The van der Waals surface area contributed by atoms with E-state index in [2.05, 4.69) is 10.6 Å². The zero-order chi connectivity index (χ0) is 15.3. The lowest BCUT2D eigenvalue weighted by Crippen LogP contribution is -2.49. The van der Waals surface area contributed by atoms with Gasteiger partial charge in [-0.2, -0.15) is 0 Å². The minimum absolute atomic E-state index is 0.0189. The Morgan fingerprint density at radius 2 is 1.80 bits per heavy atom. The Kier molecular flexibility index (Phi) is 6.02. The van der Waals surface area contributed by atoms with E-state index in [0.717, 1.165) is 5.56 Å². The molecular weight excluding hydrogens is 276 g/mol. The standard InChI is InChI=1S/C15H21ClN2O2/c1-9(2)14(18-11(4)19)15(20)17-10(3)12-6-5-7-13(16)8-12/h5-10,14H,1-4H3,(H,17,20)(H,18,19)/t10-,14-/m1/s1. The molecule has 0 bridgehead atoms. The van der Waals surface area contributed by atoms with Gasteiger partial charge in [-0.3, -0.25) is 9.59 Å². The van der Waals surface area contributed by atoms with Gasteiger partial charge in [-0.05, 0) is 30.5 Å². The monoisotopic (exact) mass is 296 g/mol. The second-order valence-corrected chi connectivity index (χ2v) is 5.64. The van der Waals surface area contributed by atoms with Crippen LogP contribution in [0.25, 0.3) is 0 Å². The molecule has 0 radical (unpaired) electrons. The van der Waals surface area contributed by atoms with Gasteiger partial charge in [0.05, 0.1) is 6.04 Å². The van der Waals surface area contributed by atoms with E-state index in [0.29, 0.717) is 5.02 Å². The number of hydrogen-bond acceptors (Lipinski definition) is 2. The first-order valence-electron chi connectivity index (χ1n) is 6.64. The molecule has 0 saturated carbocycles. The number of rotatable bonds is 5. The molecule has 4 nitrogen and oxygen atoms in total. The average molecular weight is 297 g/mol. The number of hydrogen-bond donors (Lipinski definition) is 2. The van der Waals surface area contributed by atoms with E-state index in [-0.39, 0.29) is 23.8 Å². The zero-order valence-electron chi connectivity index (χ0n) is 12.2. The highest BCUT2D eigenvalue weighted by atomic mass is 35.5. The van der Waals surface area contributed by atoms with Crippen LogP contribution >= 0.6 is 11.6 Å². The highest BCUT2D eigenvalue weighted by Gasteiger charge is 2.24. The molecule has 0 spiro atoms. The fourth-order valence-electron chi connectivity index (χ4n) is 1.92. The molecule has 2 amide bonds. The summed E-state index contributed by atoms with van der Waals surface area (Å²) in [7, 11) is 0. The summed E-state index contributed by atoms with van der Waals surface area (Å²) in [5.41, 5.74) is 0.927. The molecule has 0 heterocycles. The van der Waals surface area contributed by atoms with Gasteiger partial charge in [0, 0.05) is 11.9 Å². The van der Waals surface area contributed by atoms with Crippen LogP contribution in [0.3, 0.4) is 0 Å². The summed E-state index contributed by atoms with van der Waals surface area (Å²) in [6, 6.07) is 6.64. The van der Waals surface area contributed by atoms with Gasteiger partial charge in [-0.25, -0.2) is 0 Å². The molecule has 0 fully saturated rings. The predicted molar refractivity (Wildman–Crippen MR) is 80.5 cm³/mol. The quantitative estimate of drug-likeness (QED) is 0.877. The van der Waals surface area contributed by atoms with Crippen LogP contribution in [-0.2, 0) is 9.59 Å². The van der Waals surface area contributed by atoms with Crippen molar-refractivity contribution < 1.29 is 9.59 Å². The van der Waals surface area contributed by atoms with Crippen molar-refractivity contribution in [1.29, 1.82) is 0 Å². The van der Waals surface area contributed by atoms with Crippen LogP contribution in [0.2, 0.25) is 5.02 Å². The summed E-state index contributed by atoms with van der Waals surface area (Å²) in [5.74, 6) is -0.387. The Bertz CT molecular complexity index is 489. The van der Waals surface area contributed by atoms with Gasteiger partial charge in [0.1, 0.15) is 6.04 Å². The van der Waals surface area contributed by atoms with E-state index in [4.69, 9.17) is 11.6 Å². The lowest BCUT2D eigenvalue weighted by Gasteiger charge is -2.23. The van der Waals surface area contributed by atoms with Gasteiger partial charge in [-0.15, -0.1) is 0 Å². The van der Waals surface area contributed by atoms with Gasteiger partial charge >= 0.3 is 0 Å². The molecule has 0 aliphatic heterocycles. The van der Waals surface area contributed by atoms with Crippen LogP contribution in [0.5, 0.6) is 0 Å². The van der Waals surface area contributed by atoms with Gasteiger partial charge in [0.15, 0.2) is 0 Å². The van der Waals surface area contributed by atoms with Crippen molar-refractivity contribution in [2.75, 3.05) is 0 Å². The molecule has 1 aromatic rings. The Labute approximate surface area is 124 Å². The van der Waals surface area contributed by atoms with Crippen LogP contribution in [0.4, 0.5) is 0 Å². The molecule has 5 heteroatoms. The fraction of sp³-hybridized carbons (Fsp3) is 0.467. The van der Waals surface area contributed by atoms with Crippen molar-refractivity contribution in [3.8, 4) is 0 Å². The second kappa shape index (κ2) is 7.29. The van der Waals surface area contributed by atoms with E-state index in [1.54, 1.807) is 6.07 Å². The normalized spacial score (nSPS) is 13.7. The number of benzene rings is 1. The van der Waals surface area contributed by atoms with Crippen molar-refractivity contribution >= 4 is 23.4 Å². The molecule has 2 N–H and O–H groups in total. The molecule has 1 aromatic carbocycles. The zero-order valence-corrected chi connectivity index (χ0v) is 13.0. The number of carbonyl (C=O) groups excluding carboxylic acids is 2. The predicted octanol–water partition coefficient (Wildman–Crippen LogP) is 2.68. The maximum absolute atomic E-state index is 12.2. The molecular formula is C15H21ClN2O2. The summed E-state index contributed by atoms with van der Waals surface area (Å²) in [6.45, 7) is 7.08. The molecule has 2 atom stereocenters. The first kappa shape index (κ1) is 16.5. The van der Waals surface area contributed by atoms with E-state index in [1.165, 1.54) is 6.92 Å². The molecule has 0 aromatic heterocycles. The summed E-state index contributed by atoms with van der Waals surface area (Å²) >= 11 is 5.94. The lowest BCUT2D eigenvalue weighted by atomic mass is 10.0. The Balaban J connectivity index is 2.75. The van der Waals surface area contributed by atoms with E-state index >= 15 is 0 Å². The largest absolute Gasteiger partial charge is 0.348 e. The van der Waals surface area contributed by atoms with Crippen LogP contribution in [0.1, 0.15) is 39.3 Å². The third kappa shape index (κ3) is 4.85. The molecule has 110 valence electrons. The van der Waals surface area contributed by atoms with E-state index < -0.39 is 6.04 Å². The van der Waals surface area contributed by atoms with Gasteiger partial charge in [0.2, 0.25) is 11.8 Å². The first-order valence-corrected chi connectivity index (χ1v) is 7.02. The van der Waals surface area contributed by atoms with Gasteiger partial charge < -0.3 is 10.6 Å². The van der Waals surface area contributed by atoms with Crippen molar-refractivity contribution in [3.63, 3.8) is 0 Å². The summed E-state index contributed by atoms with van der Waals surface area (Å²) in [6.07, 6.45) is 0. The van der Waals surface area contributed by atoms with Crippen LogP contribution in [0, 0.1) is 5.92 Å². The minimum atomic E-state index is -0.533. The van der Waals surface area contributed by atoms with E-state index in [1.807, 2.05) is 39.0 Å². The lowest BCUT2D eigenvalue weighted by molar-refractivity contribution is -0.129. The van der Waals surface area contributed by atoms with Crippen LogP contribution in [0.15, 0.2) is 24.3 Å². The molecule has 1 rings (SSSR count). The minimum Gasteiger partial charge on any atom is -0.348 e. The topological polar surface area (TPSA) is 58.2 Å². The molecule has 20 heavy (non-hydrogen) atoms. The van der Waals surface area contributed by atoms with Crippen molar-refractivity contribution in [2.45, 2.75) is 39.8 Å². The van der Waals surface area contributed by atoms with Crippen molar-refractivity contribution in [3.05, 3.63) is 34.9 Å². The Morgan fingerprint density at radius 1 is 1.15 bits per heavy atom. The van der Waals surface area contributed by atoms with E-state index in [9.17, 15) is 9.59 Å². The summed E-state index contributed by atoms with van der Waals surface area (Å²) < 4.78 is 0. The molecule has 0 saturated heterocycles. The number of halogens is 1. The number of carbonyl (C=O) groups is 2. The highest BCUT2D eigenvalue weighted by Crippen LogP contribution is 2.17. The summed E-state index contributed by atoms with van der Waals surface area (Å²) in [5, 5.41) is 6.20. The highest BCUT2D eigenvalue weighted by molar-refractivity contribution is 6.30. The van der Waals surface area contributed by atoms with Gasteiger partial charge in [-0.1, -0.05) is 37.6 Å². The van der Waals surface area contributed by atoms with Gasteiger partial charge in [0.25, 0.3) is 0 Å². The fourth-order valence-corrected chi connectivity index (χ4v) is 2.12. The molecule has 0 aliphatic rings. The molecule has 0 aliphatic carbocycles. The van der Waals surface area contributed by atoms with Crippen LogP contribution < -0.4 is 10.6 Å². The third-order valence-corrected chi connectivity index (χ3v) is 3.25.